The van der Waals surface area contributed by atoms with Crippen LogP contribution in [0.15, 0.2) is 78.9 Å². The van der Waals surface area contributed by atoms with E-state index in [0.717, 1.165) is 27.7 Å². The number of fused-ring (bicyclic) bond motifs is 1. The van der Waals surface area contributed by atoms with Gasteiger partial charge in [0.05, 0.1) is 11.2 Å². The summed E-state index contributed by atoms with van der Waals surface area (Å²) in [4.78, 5) is 24.3. The predicted octanol–water partition coefficient (Wildman–Crippen LogP) is 5.19. The van der Waals surface area contributed by atoms with Gasteiger partial charge < -0.3 is 16.4 Å². The van der Waals surface area contributed by atoms with Crippen LogP contribution in [0, 0.1) is 6.92 Å². The van der Waals surface area contributed by atoms with Crippen LogP contribution in [-0.4, -0.2) is 16.6 Å². The highest BCUT2D eigenvalue weighted by Gasteiger charge is 2.14. The van der Waals surface area contributed by atoms with Crippen molar-refractivity contribution in [1.29, 1.82) is 0 Å². The number of hydrogen-bond acceptors (Lipinski definition) is 2. The summed E-state index contributed by atoms with van der Waals surface area (Å²) in [6, 6.07) is 23.5. The van der Waals surface area contributed by atoms with Crippen molar-refractivity contribution >= 4 is 34.3 Å². The lowest BCUT2D eigenvalue weighted by molar-refractivity contribution is 0.251. The SMILES string of the molecule is Cc1ccccc1NC(=O)Nc1ccc(-c2cc3ccccc3n2C(N)=O)cc1. The zero-order valence-electron chi connectivity index (χ0n) is 15.8. The molecule has 6 heteroatoms. The minimum Gasteiger partial charge on any atom is -0.351 e. The highest BCUT2D eigenvalue weighted by atomic mass is 16.2. The third-order valence-corrected chi connectivity index (χ3v) is 4.76. The van der Waals surface area contributed by atoms with Crippen molar-refractivity contribution in [3.63, 3.8) is 0 Å². The lowest BCUT2D eigenvalue weighted by Gasteiger charge is -2.11. The Bertz CT molecular complexity index is 1210. The summed E-state index contributed by atoms with van der Waals surface area (Å²) in [5, 5.41) is 6.57. The van der Waals surface area contributed by atoms with Gasteiger partial charge in [0, 0.05) is 16.8 Å². The van der Waals surface area contributed by atoms with Gasteiger partial charge in [0.25, 0.3) is 0 Å². The number of carbonyl (C=O) groups excluding carboxylic acids is 2. The summed E-state index contributed by atoms with van der Waals surface area (Å²) >= 11 is 0. The first-order valence-corrected chi connectivity index (χ1v) is 9.17. The molecule has 3 amide bonds. The number of nitrogens with one attached hydrogen (secondary N) is 2. The van der Waals surface area contributed by atoms with Gasteiger partial charge in [0.15, 0.2) is 0 Å². The van der Waals surface area contributed by atoms with Gasteiger partial charge in [-0.1, -0.05) is 48.5 Å². The molecule has 6 nitrogen and oxygen atoms in total. The number of urea groups is 1. The highest BCUT2D eigenvalue weighted by Crippen LogP contribution is 2.28. The van der Waals surface area contributed by atoms with Gasteiger partial charge in [-0.05, 0) is 48.4 Å². The van der Waals surface area contributed by atoms with E-state index in [2.05, 4.69) is 10.6 Å². The van der Waals surface area contributed by atoms with Gasteiger partial charge in [0.2, 0.25) is 0 Å². The summed E-state index contributed by atoms with van der Waals surface area (Å²) in [6.07, 6.45) is 0. The molecule has 4 N–H and O–H groups in total. The molecule has 0 unspecified atom stereocenters. The fourth-order valence-corrected chi connectivity index (χ4v) is 3.33. The van der Waals surface area contributed by atoms with E-state index < -0.39 is 6.03 Å². The number of aromatic nitrogens is 1. The topological polar surface area (TPSA) is 89.2 Å². The van der Waals surface area contributed by atoms with Crippen LogP contribution >= 0.6 is 0 Å². The van der Waals surface area contributed by atoms with Gasteiger partial charge >= 0.3 is 12.1 Å². The van der Waals surface area contributed by atoms with Crippen LogP contribution in [0.2, 0.25) is 0 Å². The van der Waals surface area contributed by atoms with E-state index in [1.165, 1.54) is 4.57 Å². The first kappa shape index (κ1) is 18.3. The Labute approximate surface area is 168 Å². The Morgan fingerprint density at radius 2 is 1.55 bits per heavy atom. The van der Waals surface area contributed by atoms with E-state index in [0.29, 0.717) is 11.4 Å². The molecule has 1 heterocycles. The second-order valence-corrected chi connectivity index (χ2v) is 6.73. The maximum absolute atomic E-state index is 12.3. The number of aryl methyl sites for hydroxylation is 1. The largest absolute Gasteiger partial charge is 0.351 e. The Balaban J connectivity index is 1.56. The monoisotopic (exact) mass is 384 g/mol. The van der Waals surface area contributed by atoms with Gasteiger partial charge in [-0.25, -0.2) is 9.59 Å². The summed E-state index contributed by atoms with van der Waals surface area (Å²) < 4.78 is 1.49. The van der Waals surface area contributed by atoms with Crippen molar-refractivity contribution in [2.45, 2.75) is 6.92 Å². The van der Waals surface area contributed by atoms with Crippen LogP contribution < -0.4 is 16.4 Å². The summed E-state index contributed by atoms with van der Waals surface area (Å²) in [7, 11) is 0. The van der Waals surface area contributed by atoms with E-state index >= 15 is 0 Å². The average molecular weight is 384 g/mol. The maximum Gasteiger partial charge on any atom is 0.323 e. The molecule has 0 atom stereocenters. The molecule has 0 fully saturated rings. The molecule has 0 radical (unpaired) electrons. The molecule has 29 heavy (non-hydrogen) atoms. The van der Waals surface area contributed by atoms with Crippen molar-refractivity contribution in [2.75, 3.05) is 10.6 Å². The number of nitrogens with two attached hydrogens (primary N) is 1. The first-order chi connectivity index (χ1) is 14.0. The van der Waals surface area contributed by atoms with E-state index in [1.54, 1.807) is 12.1 Å². The Hall–Kier alpha value is -4.06. The number of nitrogens with zero attached hydrogens (tertiary/aromatic N) is 1. The fraction of sp³-hybridized carbons (Fsp3) is 0.0435. The first-order valence-electron chi connectivity index (χ1n) is 9.17. The van der Waals surface area contributed by atoms with Crippen molar-refractivity contribution in [2.24, 2.45) is 5.73 Å². The minimum absolute atomic E-state index is 0.321. The Kier molecular flexibility index (Phi) is 4.75. The van der Waals surface area contributed by atoms with Crippen molar-refractivity contribution in [3.05, 3.63) is 84.4 Å². The van der Waals surface area contributed by atoms with Gasteiger partial charge in [-0.15, -0.1) is 0 Å². The van der Waals surface area contributed by atoms with Gasteiger partial charge in [0.1, 0.15) is 0 Å². The normalized spacial score (nSPS) is 10.7. The van der Waals surface area contributed by atoms with E-state index in [4.69, 9.17) is 5.73 Å². The lowest BCUT2D eigenvalue weighted by atomic mass is 10.1. The van der Waals surface area contributed by atoms with Crippen LogP contribution in [-0.2, 0) is 0 Å². The van der Waals surface area contributed by atoms with Crippen LogP contribution in [0.4, 0.5) is 21.0 Å². The molecular weight excluding hydrogens is 364 g/mol. The fourth-order valence-electron chi connectivity index (χ4n) is 3.33. The summed E-state index contributed by atoms with van der Waals surface area (Å²) in [5.74, 6) is 0. The minimum atomic E-state index is -0.541. The van der Waals surface area contributed by atoms with Gasteiger partial charge in [-0.2, -0.15) is 0 Å². The highest BCUT2D eigenvalue weighted by molar-refractivity contribution is 6.01. The van der Waals surface area contributed by atoms with Crippen molar-refractivity contribution < 1.29 is 9.59 Å². The molecule has 144 valence electrons. The molecule has 4 rings (SSSR count). The molecule has 1 aromatic heterocycles. The third kappa shape index (κ3) is 3.68. The number of primary amides is 1. The summed E-state index contributed by atoms with van der Waals surface area (Å²) in [5.41, 5.74) is 10.3. The Morgan fingerprint density at radius 1 is 0.862 bits per heavy atom. The molecule has 0 bridgehead atoms. The van der Waals surface area contributed by atoms with Crippen molar-refractivity contribution in [1.82, 2.24) is 4.57 Å². The molecule has 3 aromatic carbocycles. The molecule has 0 spiro atoms. The molecule has 4 aromatic rings. The quantitative estimate of drug-likeness (QED) is 0.454. The average Bonchev–Trinajstić information content (AvgIpc) is 3.10. The molecule has 0 saturated carbocycles. The number of rotatable bonds is 3. The maximum atomic E-state index is 12.3. The van der Waals surface area contributed by atoms with Crippen LogP contribution in [0.1, 0.15) is 5.56 Å². The lowest BCUT2D eigenvalue weighted by Crippen LogP contribution is -2.20. The van der Waals surface area contributed by atoms with Crippen molar-refractivity contribution in [3.8, 4) is 11.3 Å². The zero-order valence-corrected chi connectivity index (χ0v) is 15.8. The summed E-state index contributed by atoms with van der Waals surface area (Å²) in [6.45, 7) is 1.93. The molecule has 0 saturated heterocycles. The Morgan fingerprint density at radius 3 is 2.28 bits per heavy atom. The molecule has 0 aliphatic heterocycles. The van der Waals surface area contributed by atoms with E-state index in [-0.39, 0.29) is 6.03 Å². The van der Waals surface area contributed by atoms with Crippen LogP contribution in [0.5, 0.6) is 0 Å². The molecule has 0 aliphatic rings. The number of amides is 3. The van der Waals surface area contributed by atoms with E-state index in [9.17, 15) is 9.59 Å². The smallest absolute Gasteiger partial charge is 0.323 e. The molecular formula is C23H20N4O2. The second-order valence-electron chi connectivity index (χ2n) is 6.73. The van der Waals surface area contributed by atoms with Crippen LogP contribution in [0.3, 0.4) is 0 Å². The van der Waals surface area contributed by atoms with E-state index in [1.807, 2.05) is 73.7 Å². The number of benzene rings is 3. The van der Waals surface area contributed by atoms with Crippen LogP contribution in [0.25, 0.3) is 22.2 Å². The third-order valence-electron chi connectivity index (χ3n) is 4.76. The number of para-hydroxylation sites is 2. The number of carbonyl (C=O) groups is 2. The second kappa shape index (κ2) is 7.52. The van der Waals surface area contributed by atoms with Gasteiger partial charge in [-0.3, -0.25) is 4.57 Å². The standard InChI is InChI=1S/C23H20N4O2/c1-15-6-2-4-8-19(15)26-23(29)25-18-12-10-16(11-13-18)21-14-17-7-3-5-9-20(17)27(21)22(24)28/h2-14H,1H3,(H2,24,28)(H2,25,26,29). The zero-order chi connectivity index (χ0) is 20.4. The molecule has 0 aliphatic carbocycles. The number of anilines is 2. The predicted molar refractivity (Wildman–Crippen MR) is 116 cm³/mol. The number of hydrogen-bond donors (Lipinski definition) is 3.